The quantitative estimate of drug-likeness (QED) is 0.849. The first-order chi connectivity index (χ1) is 8.15. The molecule has 17 heavy (non-hydrogen) atoms. The van der Waals surface area contributed by atoms with Crippen molar-refractivity contribution in [2.75, 3.05) is 6.54 Å². The van der Waals surface area contributed by atoms with Gasteiger partial charge in [-0.3, -0.25) is 14.6 Å². The number of hydrogen-bond acceptors (Lipinski definition) is 3. The van der Waals surface area contributed by atoms with Gasteiger partial charge in [-0.1, -0.05) is 6.07 Å². The van der Waals surface area contributed by atoms with Crippen LogP contribution < -0.4 is 0 Å². The Morgan fingerprint density at radius 2 is 2.41 bits per heavy atom. The lowest BCUT2D eigenvalue weighted by molar-refractivity contribution is -0.142. The van der Waals surface area contributed by atoms with E-state index in [-0.39, 0.29) is 12.3 Å². The van der Waals surface area contributed by atoms with Gasteiger partial charge < -0.3 is 10.0 Å². The molecule has 1 amide bonds. The van der Waals surface area contributed by atoms with Crippen molar-refractivity contribution in [3.8, 4) is 0 Å². The lowest BCUT2D eigenvalue weighted by atomic mass is 9.95. The van der Waals surface area contributed by atoms with Crippen molar-refractivity contribution in [3.63, 3.8) is 0 Å². The first-order valence-electron chi connectivity index (χ1n) is 5.57. The van der Waals surface area contributed by atoms with E-state index in [1.54, 1.807) is 23.4 Å². The van der Waals surface area contributed by atoms with Crippen LogP contribution >= 0.6 is 0 Å². The predicted molar refractivity (Wildman–Crippen MR) is 60.1 cm³/mol. The van der Waals surface area contributed by atoms with Crippen LogP contribution in [0.3, 0.4) is 0 Å². The minimum atomic E-state index is -0.928. The molecule has 0 unspecified atom stereocenters. The third kappa shape index (κ3) is 2.00. The Morgan fingerprint density at radius 1 is 1.65 bits per heavy atom. The number of likely N-dealkylation sites (tertiary alicyclic amines) is 1. The van der Waals surface area contributed by atoms with E-state index >= 15 is 0 Å². The van der Waals surface area contributed by atoms with E-state index in [0.29, 0.717) is 6.54 Å². The van der Waals surface area contributed by atoms with Crippen molar-refractivity contribution in [2.45, 2.75) is 19.4 Å². The largest absolute Gasteiger partial charge is 0.481 e. The summed E-state index contributed by atoms with van der Waals surface area (Å²) in [5, 5.41) is 9.18. The van der Waals surface area contributed by atoms with Crippen LogP contribution in [0, 0.1) is 5.92 Å². The van der Waals surface area contributed by atoms with Gasteiger partial charge in [-0.05, 0) is 18.6 Å². The van der Waals surface area contributed by atoms with E-state index < -0.39 is 17.9 Å². The third-order valence-electron chi connectivity index (χ3n) is 3.12. The Morgan fingerprint density at radius 3 is 2.94 bits per heavy atom. The zero-order chi connectivity index (χ0) is 12.4. The molecule has 1 aliphatic heterocycles. The van der Waals surface area contributed by atoms with Crippen LogP contribution in [0.2, 0.25) is 0 Å². The molecule has 1 fully saturated rings. The number of carbonyl (C=O) groups is 2. The van der Waals surface area contributed by atoms with Crippen LogP contribution in [0.25, 0.3) is 0 Å². The predicted octanol–water partition coefficient (Wildman–Crippen LogP) is 1.08. The number of pyridine rings is 1. The molecule has 2 heterocycles. The van der Waals surface area contributed by atoms with E-state index in [1.165, 1.54) is 0 Å². The van der Waals surface area contributed by atoms with Crippen LogP contribution in [-0.4, -0.2) is 33.4 Å². The SMILES string of the molecule is CCN1C(=O)C[C@H](C(=O)O)[C@H]1c1cccnc1. The van der Waals surface area contributed by atoms with E-state index in [2.05, 4.69) is 4.98 Å². The van der Waals surface area contributed by atoms with Gasteiger partial charge in [0.1, 0.15) is 0 Å². The molecule has 0 saturated carbocycles. The third-order valence-corrected chi connectivity index (χ3v) is 3.12. The summed E-state index contributed by atoms with van der Waals surface area (Å²) in [4.78, 5) is 28.5. The Labute approximate surface area is 99.1 Å². The van der Waals surface area contributed by atoms with Crippen molar-refractivity contribution in [2.24, 2.45) is 5.92 Å². The summed E-state index contributed by atoms with van der Waals surface area (Å²) < 4.78 is 0. The minimum Gasteiger partial charge on any atom is -0.481 e. The van der Waals surface area contributed by atoms with Crippen LogP contribution in [-0.2, 0) is 9.59 Å². The van der Waals surface area contributed by atoms with Crippen LogP contribution in [0.15, 0.2) is 24.5 Å². The summed E-state index contributed by atoms with van der Waals surface area (Å²) in [6.07, 6.45) is 3.33. The second-order valence-corrected chi connectivity index (χ2v) is 4.06. The normalized spacial score (nSPS) is 24.1. The van der Waals surface area contributed by atoms with Crippen LogP contribution in [0.4, 0.5) is 0 Å². The molecule has 0 bridgehead atoms. The molecule has 0 spiro atoms. The molecule has 5 heteroatoms. The van der Waals surface area contributed by atoms with Crippen LogP contribution in [0.1, 0.15) is 24.9 Å². The summed E-state index contributed by atoms with van der Waals surface area (Å²) in [6.45, 7) is 2.37. The Kier molecular flexibility index (Phi) is 3.08. The highest BCUT2D eigenvalue weighted by Crippen LogP contribution is 2.37. The van der Waals surface area contributed by atoms with Gasteiger partial charge in [0.15, 0.2) is 0 Å². The average Bonchev–Trinajstić information content (AvgIpc) is 2.67. The fourth-order valence-electron chi connectivity index (χ4n) is 2.35. The highest BCUT2D eigenvalue weighted by Gasteiger charge is 2.43. The lowest BCUT2D eigenvalue weighted by Crippen LogP contribution is -2.30. The Hall–Kier alpha value is -1.91. The van der Waals surface area contributed by atoms with E-state index in [1.807, 2.05) is 13.0 Å². The van der Waals surface area contributed by atoms with Gasteiger partial charge in [-0.2, -0.15) is 0 Å². The first kappa shape index (κ1) is 11.6. The maximum Gasteiger partial charge on any atom is 0.309 e. The second-order valence-electron chi connectivity index (χ2n) is 4.06. The lowest BCUT2D eigenvalue weighted by Gasteiger charge is -2.25. The molecule has 1 N–H and O–H groups in total. The molecule has 1 aromatic heterocycles. The molecule has 1 aliphatic rings. The number of aromatic nitrogens is 1. The van der Waals surface area contributed by atoms with Crippen molar-refractivity contribution < 1.29 is 14.7 Å². The van der Waals surface area contributed by atoms with Crippen molar-refractivity contribution in [1.82, 2.24) is 9.88 Å². The van der Waals surface area contributed by atoms with Gasteiger partial charge in [-0.25, -0.2) is 0 Å². The topological polar surface area (TPSA) is 70.5 Å². The molecule has 5 nitrogen and oxygen atoms in total. The number of rotatable bonds is 3. The zero-order valence-corrected chi connectivity index (χ0v) is 9.54. The van der Waals surface area contributed by atoms with Gasteiger partial charge in [-0.15, -0.1) is 0 Å². The summed E-state index contributed by atoms with van der Waals surface area (Å²) in [5.41, 5.74) is 0.785. The fourth-order valence-corrected chi connectivity index (χ4v) is 2.35. The summed E-state index contributed by atoms with van der Waals surface area (Å²) in [6, 6.07) is 3.18. The van der Waals surface area contributed by atoms with Crippen molar-refractivity contribution in [3.05, 3.63) is 30.1 Å². The molecule has 2 atom stereocenters. The molecular formula is C12H14N2O3. The van der Waals surface area contributed by atoms with E-state index in [0.717, 1.165) is 5.56 Å². The number of amides is 1. The molecule has 0 radical (unpaired) electrons. The molecule has 1 saturated heterocycles. The van der Waals surface area contributed by atoms with E-state index in [4.69, 9.17) is 0 Å². The summed E-state index contributed by atoms with van der Waals surface area (Å²) in [7, 11) is 0. The van der Waals surface area contributed by atoms with E-state index in [9.17, 15) is 14.7 Å². The molecular weight excluding hydrogens is 220 g/mol. The molecule has 1 aromatic rings. The smallest absolute Gasteiger partial charge is 0.309 e. The molecule has 2 rings (SSSR count). The van der Waals surface area contributed by atoms with Gasteiger partial charge in [0.05, 0.1) is 12.0 Å². The Bertz CT molecular complexity index is 433. The number of carboxylic acid groups (broad SMARTS) is 1. The fraction of sp³-hybridized carbons (Fsp3) is 0.417. The molecule has 0 aliphatic carbocycles. The average molecular weight is 234 g/mol. The summed E-state index contributed by atoms with van der Waals surface area (Å²) in [5.74, 6) is -1.71. The number of hydrogen-bond donors (Lipinski definition) is 1. The zero-order valence-electron chi connectivity index (χ0n) is 9.54. The minimum absolute atomic E-state index is 0.0722. The standard InChI is InChI=1S/C12H14N2O3/c1-2-14-10(15)6-9(12(16)17)11(14)8-4-3-5-13-7-8/h3-5,7,9,11H,2,6H2,1H3,(H,16,17)/t9-,11+/m0/s1. The highest BCUT2D eigenvalue weighted by atomic mass is 16.4. The van der Waals surface area contributed by atoms with Crippen molar-refractivity contribution >= 4 is 11.9 Å². The van der Waals surface area contributed by atoms with Gasteiger partial charge in [0, 0.05) is 25.4 Å². The van der Waals surface area contributed by atoms with Gasteiger partial charge >= 0.3 is 5.97 Å². The number of carbonyl (C=O) groups excluding carboxylic acids is 1. The maximum atomic E-state index is 11.7. The number of nitrogens with zero attached hydrogens (tertiary/aromatic N) is 2. The van der Waals surface area contributed by atoms with Crippen molar-refractivity contribution in [1.29, 1.82) is 0 Å². The molecule has 0 aromatic carbocycles. The number of aliphatic carboxylic acids is 1. The first-order valence-corrected chi connectivity index (χ1v) is 5.57. The highest BCUT2D eigenvalue weighted by molar-refractivity contribution is 5.87. The molecule has 90 valence electrons. The van der Waals surface area contributed by atoms with Gasteiger partial charge in [0.2, 0.25) is 5.91 Å². The van der Waals surface area contributed by atoms with Crippen LogP contribution in [0.5, 0.6) is 0 Å². The second kappa shape index (κ2) is 4.53. The monoisotopic (exact) mass is 234 g/mol. The number of carboxylic acids is 1. The van der Waals surface area contributed by atoms with Gasteiger partial charge in [0.25, 0.3) is 0 Å². The summed E-state index contributed by atoms with van der Waals surface area (Å²) >= 11 is 0. The Balaban J connectivity index is 2.39. The maximum absolute atomic E-state index is 11.7.